The van der Waals surface area contributed by atoms with Crippen LogP contribution in [0.5, 0.6) is 5.75 Å². The molecule has 1 fully saturated rings. The average molecular weight is 393 g/mol. The molecule has 0 radical (unpaired) electrons. The van der Waals surface area contributed by atoms with Gasteiger partial charge < -0.3 is 9.47 Å². The second-order valence-electron chi connectivity index (χ2n) is 6.63. The number of halogens is 4. The number of benzene rings is 2. The average Bonchev–Trinajstić information content (AvgIpc) is 2.61. The normalized spacial score (nSPS) is 19.1. The summed E-state index contributed by atoms with van der Waals surface area (Å²) >= 11 is 0. The van der Waals surface area contributed by atoms with Crippen molar-refractivity contribution < 1.29 is 31.8 Å². The van der Waals surface area contributed by atoms with Gasteiger partial charge in [0.1, 0.15) is 46.2 Å². The van der Waals surface area contributed by atoms with Crippen LogP contribution in [0.1, 0.15) is 47.4 Å². The van der Waals surface area contributed by atoms with Crippen LogP contribution >= 0.6 is 0 Å². The Bertz CT molecular complexity index is 916. The Labute approximate surface area is 158 Å². The van der Waals surface area contributed by atoms with E-state index in [9.17, 15) is 22.4 Å². The van der Waals surface area contributed by atoms with Crippen LogP contribution in [0.15, 0.2) is 24.3 Å². The second-order valence-corrected chi connectivity index (χ2v) is 6.63. The minimum Gasteiger partial charge on any atom is -0.423 e. The summed E-state index contributed by atoms with van der Waals surface area (Å²) in [4.78, 5) is 12.1. The molecule has 1 heterocycles. The third-order valence-corrected chi connectivity index (χ3v) is 4.48. The molecule has 0 N–H and O–H groups in total. The van der Waals surface area contributed by atoms with Gasteiger partial charge in [0.25, 0.3) is 0 Å². The van der Waals surface area contributed by atoms with Gasteiger partial charge in [-0.2, -0.15) is 5.26 Å². The first kappa shape index (κ1) is 19.8. The van der Waals surface area contributed by atoms with E-state index in [4.69, 9.17) is 10.00 Å². The molecular formula is C20H15F4NO3. The lowest BCUT2D eigenvalue weighted by molar-refractivity contribution is -0.0126. The van der Waals surface area contributed by atoms with E-state index in [-0.39, 0.29) is 5.56 Å². The molecule has 1 saturated heterocycles. The van der Waals surface area contributed by atoms with E-state index in [0.29, 0.717) is 31.1 Å². The summed E-state index contributed by atoms with van der Waals surface area (Å²) < 4.78 is 66.2. The van der Waals surface area contributed by atoms with Gasteiger partial charge in [0.05, 0.1) is 6.10 Å². The molecule has 0 spiro atoms. The number of ether oxygens (including phenoxy) is 2. The van der Waals surface area contributed by atoms with Gasteiger partial charge in [-0.25, -0.2) is 22.4 Å². The van der Waals surface area contributed by atoms with E-state index >= 15 is 0 Å². The molecule has 3 rings (SSSR count). The van der Waals surface area contributed by atoms with Crippen LogP contribution < -0.4 is 4.74 Å². The minimum atomic E-state index is -1.46. The predicted octanol–water partition coefficient (Wildman–Crippen LogP) is 4.82. The topological polar surface area (TPSA) is 59.3 Å². The summed E-state index contributed by atoms with van der Waals surface area (Å²) in [5, 5.41) is 8.62. The second kappa shape index (κ2) is 7.98. The van der Waals surface area contributed by atoms with E-state index in [2.05, 4.69) is 4.74 Å². The molecule has 0 saturated carbocycles. The molecule has 0 aliphatic carbocycles. The zero-order valence-electron chi connectivity index (χ0n) is 14.8. The van der Waals surface area contributed by atoms with Crippen molar-refractivity contribution >= 4 is 5.97 Å². The Morgan fingerprint density at radius 2 is 1.68 bits per heavy atom. The number of carbonyl (C=O) groups excluding carboxylic acids is 1. The quantitative estimate of drug-likeness (QED) is 0.426. The van der Waals surface area contributed by atoms with E-state index in [1.807, 2.05) is 6.92 Å². The third kappa shape index (κ3) is 3.99. The molecule has 28 heavy (non-hydrogen) atoms. The molecule has 1 aliphatic heterocycles. The Hall–Kier alpha value is -2.92. The van der Waals surface area contributed by atoms with Crippen molar-refractivity contribution in [2.45, 2.75) is 25.9 Å². The van der Waals surface area contributed by atoms with Crippen LogP contribution in [0, 0.1) is 40.5 Å². The number of hydrogen-bond donors (Lipinski definition) is 0. The van der Waals surface area contributed by atoms with Crippen molar-refractivity contribution in [1.82, 2.24) is 0 Å². The van der Waals surface area contributed by atoms with Crippen molar-refractivity contribution in [3.8, 4) is 11.8 Å². The molecule has 2 atom stereocenters. The maximum Gasteiger partial charge on any atom is 0.349 e. The fourth-order valence-corrected chi connectivity index (χ4v) is 2.99. The van der Waals surface area contributed by atoms with Gasteiger partial charge in [0.15, 0.2) is 0 Å². The van der Waals surface area contributed by atoms with E-state index in [0.717, 1.165) is 18.6 Å². The van der Waals surface area contributed by atoms with Crippen molar-refractivity contribution in [3.63, 3.8) is 0 Å². The summed E-state index contributed by atoms with van der Waals surface area (Å²) in [7, 11) is 0. The first-order valence-corrected chi connectivity index (χ1v) is 8.52. The SMILES string of the molecule is CC1CCC(c2cc(F)c(C(=O)Oc3cc(F)c(C#N)c(F)c3)c(F)c2)OC1. The molecule has 2 unspecified atom stereocenters. The number of nitrogens with zero attached hydrogens (tertiary/aromatic N) is 1. The highest BCUT2D eigenvalue weighted by atomic mass is 19.1. The summed E-state index contributed by atoms with van der Waals surface area (Å²) in [6.07, 6.45) is 0.952. The highest BCUT2D eigenvalue weighted by Crippen LogP contribution is 2.32. The highest BCUT2D eigenvalue weighted by Gasteiger charge is 2.26. The molecule has 0 bridgehead atoms. The van der Waals surface area contributed by atoms with Gasteiger partial charge >= 0.3 is 5.97 Å². The van der Waals surface area contributed by atoms with E-state index in [1.54, 1.807) is 0 Å². The third-order valence-electron chi connectivity index (χ3n) is 4.48. The smallest absolute Gasteiger partial charge is 0.349 e. The zero-order chi connectivity index (χ0) is 20.4. The fourth-order valence-electron chi connectivity index (χ4n) is 2.99. The number of rotatable bonds is 3. The first-order valence-electron chi connectivity index (χ1n) is 8.52. The molecule has 146 valence electrons. The number of hydrogen-bond acceptors (Lipinski definition) is 4. The fraction of sp³-hybridized carbons (Fsp3) is 0.300. The summed E-state index contributed by atoms with van der Waals surface area (Å²) in [6.45, 7) is 2.47. The maximum absolute atomic E-state index is 14.4. The molecule has 8 heteroatoms. The lowest BCUT2D eigenvalue weighted by Gasteiger charge is -2.27. The molecule has 1 aliphatic rings. The van der Waals surface area contributed by atoms with E-state index < -0.39 is 52.2 Å². The van der Waals surface area contributed by atoms with Crippen molar-refractivity contribution in [3.05, 3.63) is 64.2 Å². The van der Waals surface area contributed by atoms with Crippen LogP contribution in [0.3, 0.4) is 0 Å². The molecular weight excluding hydrogens is 378 g/mol. The summed E-state index contributed by atoms with van der Waals surface area (Å²) in [5.74, 6) is -6.58. The number of nitriles is 1. The van der Waals surface area contributed by atoms with Crippen molar-refractivity contribution in [1.29, 1.82) is 5.26 Å². The number of esters is 1. The van der Waals surface area contributed by atoms with Crippen LogP contribution in [-0.2, 0) is 4.74 Å². The predicted molar refractivity (Wildman–Crippen MR) is 89.5 cm³/mol. The standard InChI is InChI=1S/C20H15F4NO3/c1-10-2-3-18(27-9-10)11-4-16(23)19(17(24)5-11)20(26)28-12-6-14(21)13(8-25)15(22)7-12/h4-7,10,18H,2-3,9H2,1H3. The monoisotopic (exact) mass is 393 g/mol. The Balaban J connectivity index is 1.84. The van der Waals surface area contributed by atoms with Crippen LogP contribution in [-0.4, -0.2) is 12.6 Å². The largest absolute Gasteiger partial charge is 0.423 e. The minimum absolute atomic E-state index is 0.258. The van der Waals surface area contributed by atoms with Gasteiger partial charge in [-0.05, 0) is 36.5 Å². The molecule has 0 amide bonds. The molecule has 0 aromatic heterocycles. The highest BCUT2D eigenvalue weighted by molar-refractivity contribution is 5.91. The van der Waals surface area contributed by atoms with Crippen LogP contribution in [0.4, 0.5) is 17.6 Å². The van der Waals surface area contributed by atoms with Gasteiger partial charge in [0, 0.05) is 18.7 Å². The molecule has 2 aromatic rings. The summed E-state index contributed by atoms with van der Waals surface area (Å²) in [6, 6.07) is 4.45. The Morgan fingerprint density at radius 3 is 2.18 bits per heavy atom. The van der Waals surface area contributed by atoms with E-state index in [1.165, 1.54) is 6.07 Å². The summed E-state index contributed by atoms with van der Waals surface area (Å²) in [5.41, 5.74) is -1.59. The van der Waals surface area contributed by atoms with Crippen LogP contribution in [0.2, 0.25) is 0 Å². The van der Waals surface area contributed by atoms with Crippen LogP contribution in [0.25, 0.3) is 0 Å². The van der Waals surface area contributed by atoms with Gasteiger partial charge in [0.2, 0.25) is 0 Å². The van der Waals surface area contributed by atoms with Gasteiger partial charge in [-0.3, -0.25) is 0 Å². The molecule has 2 aromatic carbocycles. The lowest BCUT2D eigenvalue weighted by atomic mass is 9.95. The van der Waals surface area contributed by atoms with Crippen molar-refractivity contribution in [2.24, 2.45) is 5.92 Å². The maximum atomic E-state index is 14.4. The lowest BCUT2D eigenvalue weighted by Crippen LogP contribution is -2.20. The first-order chi connectivity index (χ1) is 13.3. The Kier molecular flexibility index (Phi) is 5.66. The van der Waals surface area contributed by atoms with Crippen molar-refractivity contribution in [2.75, 3.05) is 6.61 Å². The molecule has 4 nitrogen and oxygen atoms in total. The number of carbonyl (C=O) groups is 1. The Morgan fingerprint density at radius 1 is 1.07 bits per heavy atom. The zero-order valence-corrected chi connectivity index (χ0v) is 14.8. The van der Waals surface area contributed by atoms with Gasteiger partial charge in [-0.1, -0.05) is 6.92 Å². The van der Waals surface area contributed by atoms with Gasteiger partial charge in [-0.15, -0.1) is 0 Å².